The van der Waals surface area contributed by atoms with Gasteiger partial charge in [0.2, 0.25) is 5.88 Å². The summed E-state index contributed by atoms with van der Waals surface area (Å²) < 4.78 is 8.43. The lowest BCUT2D eigenvalue weighted by atomic mass is 9.86. The lowest BCUT2D eigenvalue weighted by Crippen LogP contribution is -2.53. The SMILES string of the molecule is CN1CCC(N(C)C2CC(Oc3ccc(-c4ccc5c6cnccc6n(C)c5c4)cn3)C2)CC1. The maximum absolute atomic E-state index is 6.20. The third-order valence-corrected chi connectivity index (χ3v) is 8.08. The molecule has 176 valence electrons. The number of aromatic nitrogens is 3. The second-order valence-corrected chi connectivity index (χ2v) is 10.1. The summed E-state index contributed by atoms with van der Waals surface area (Å²) in [5.74, 6) is 0.728. The van der Waals surface area contributed by atoms with Gasteiger partial charge >= 0.3 is 0 Å². The molecule has 0 radical (unpaired) electrons. The first-order valence-corrected chi connectivity index (χ1v) is 12.4. The summed E-state index contributed by atoms with van der Waals surface area (Å²) in [6.07, 6.45) is 10.7. The first-order chi connectivity index (χ1) is 16.6. The molecule has 0 atom stereocenters. The Morgan fingerprint density at radius 3 is 2.44 bits per heavy atom. The van der Waals surface area contributed by atoms with E-state index in [9.17, 15) is 0 Å². The number of likely N-dealkylation sites (tertiary alicyclic amines) is 1. The quantitative estimate of drug-likeness (QED) is 0.436. The van der Waals surface area contributed by atoms with E-state index in [0.29, 0.717) is 6.04 Å². The highest BCUT2D eigenvalue weighted by Crippen LogP contribution is 2.33. The number of pyridine rings is 2. The Bertz CT molecular complexity index is 1300. The van der Waals surface area contributed by atoms with E-state index in [0.717, 1.165) is 35.9 Å². The van der Waals surface area contributed by atoms with Crippen molar-refractivity contribution in [2.24, 2.45) is 7.05 Å². The van der Waals surface area contributed by atoms with Gasteiger partial charge in [0, 0.05) is 78.5 Å². The molecule has 34 heavy (non-hydrogen) atoms. The minimum absolute atomic E-state index is 0.276. The average molecular weight is 456 g/mol. The van der Waals surface area contributed by atoms with Gasteiger partial charge in [-0.3, -0.25) is 4.98 Å². The van der Waals surface area contributed by atoms with Gasteiger partial charge in [-0.15, -0.1) is 0 Å². The van der Waals surface area contributed by atoms with Crippen molar-refractivity contribution in [2.75, 3.05) is 27.2 Å². The smallest absolute Gasteiger partial charge is 0.213 e. The van der Waals surface area contributed by atoms with Crippen LogP contribution in [0.1, 0.15) is 25.7 Å². The van der Waals surface area contributed by atoms with Gasteiger partial charge < -0.3 is 19.1 Å². The zero-order valence-electron chi connectivity index (χ0n) is 20.3. The number of nitrogens with zero attached hydrogens (tertiary/aromatic N) is 5. The summed E-state index contributed by atoms with van der Waals surface area (Å²) in [6, 6.07) is 14.2. The standard InChI is InChI=1S/C28H33N5O/c1-31-12-9-21(10-13-31)32(2)22-15-23(16-22)34-28-7-5-20(17-30-28)19-4-6-24-25-18-29-11-8-26(25)33(3)27(24)14-19/h4-8,11,14,17-18,21-23H,9-10,12-13,15-16H2,1-3H3. The van der Waals surface area contributed by atoms with E-state index in [2.05, 4.69) is 75.8 Å². The monoisotopic (exact) mass is 455 g/mol. The molecule has 0 spiro atoms. The molecule has 0 unspecified atom stereocenters. The minimum Gasteiger partial charge on any atom is -0.474 e. The first kappa shape index (κ1) is 21.6. The van der Waals surface area contributed by atoms with E-state index >= 15 is 0 Å². The van der Waals surface area contributed by atoms with Gasteiger partial charge in [-0.25, -0.2) is 4.98 Å². The highest BCUT2D eigenvalue weighted by Gasteiger charge is 2.37. The van der Waals surface area contributed by atoms with Crippen molar-refractivity contribution < 1.29 is 4.74 Å². The zero-order valence-corrected chi connectivity index (χ0v) is 20.3. The van der Waals surface area contributed by atoms with Gasteiger partial charge in [0.15, 0.2) is 0 Å². The van der Waals surface area contributed by atoms with Crippen LogP contribution in [0.3, 0.4) is 0 Å². The molecule has 1 aliphatic heterocycles. The summed E-state index contributed by atoms with van der Waals surface area (Å²) in [6.45, 7) is 2.42. The van der Waals surface area contributed by atoms with Crippen LogP contribution in [0.5, 0.6) is 5.88 Å². The maximum atomic E-state index is 6.20. The molecule has 6 nitrogen and oxygen atoms in total. The van der Waals surface area contributed by atoms with Gasteiger partial charge in [0.1, 0.15) is 6.10 Å². The fraction of sp³-hybridized carbons (Fsp3) is 0.429. The summed E-state index contributed by atoms with van der Waals surface area (Å²) in [4.78, 5) is 14.0. The number of fused-ring (bicyclic) bond motifs is 3. The second kappa shape index (κ2) is 8.67. The fourth-order valence-corrected chi connectivity index (χ4v) is 5.69. The summed E-state index contributed by atoms with van der Waals surface area (Å²) >= 11 is 0. The molecule has 0 bridgehead atoms. The van der Waals surface area contributed by atoms with Gasteiger partial charge in [-0.1, -0.05) is 12.1 Å². The molecule has 4 heterocycles. The molecular weight excluding hydrogens is 422 g/mol. The topological polar surface area (TPSA) is 46.4 Å². The molecule has 0 N–H and O–H groups in total. The van der Waals surface area contributed by atoms with Crippen LogP contribution in [-0.4, -0.2) is 69.7 Å². The molecule has 4 aromatic rings. The Balaban J connectivity index is 1.10. The third-order valence-electron chi connectivity index (χ3n) is 8.08. The molecule has 1 saturated carbocycles. The summed E-state index contributed by atoms with van der Waals surface area (Å²) in [5, 5.41) is 2.42. The molecule has 3 aromatic heterocycles. The van der Waals surface area contributed by atoms with Crippen molar-refractivity contribution in [3.05, 3.63) is 55.0 Å². The Hall–Kier alpha value is -2.96. The fourth-order valence-electron chi connectivity index (χ4n) is 5.69. The normalized spacial score (nSPS) is 21.9. The predicted octanol–water partition coefficient (Wildman–Crippen LogP) is 4.72. The van der Waals surface area contributed by atoms with Crippen LogP contribution in [0.15, 0.2) is 55.0 Å². The van der Waals surface area contributed by atoms with Gasteiger partial charge in [0.25, 0.3) is 0 Å². The molecule has 1 aromatic carbocycles. The molecule has 6 heteroatoms. The van der Waals surface area contributed by atoms with Crippen LogP contribution < -0.4 is 4.74 Å². The van der Waals surface area contributed by atoms with Gasteiger partial charge in [-0.2, -0.15) is 0 Å². The van der Waals surface area contributed by atoms with E-state index in [4.69, 9.17) is 4.74 Å². The Morgan fingerprint density at radius 1 is 0.882 bits per heavy atom. The Kier molecular flexibility index (Phi) is 5.50. The van der Waals surface area contributed by atoms with Crippen LogP contribution in [-0.2, 0) is 7.05 Å². The van der Waals surface area contributed by atoms with Crippen molar-refractivity contribution in [3.63, 3.8) is 0 Å². The predicted molar refractivity (Wildman–Crippen MR) is 137 cm³/mol. The molecule has 1 saturated heterocycles. The third kappa shape index (κ3) is 3.85. The lowest BCUT2D eigenvalue weighted by molar-refractivity contribution is -0.00408. The van der Waals surface area contributed by atoms with E-state index in [-0.39, 0.29) is 6.10 Å². The van der Waals surface area contributed by atoms with Crippen molar-refractivity contribution >= 4 is 21.8 Å². The maximum Gasteiger partial charge on any atom is 0.213 e. The lowest BCUT2D eigenvalue weighted by Gasteiger charge is -2.46. The molecule has 6 rings (SSSR count). The number of piperidine rings is 1. The van der Waals surface area contributed by atoms with Crippen molar-refractivity contribution in [1.29, 1.82) is 0 Å². The Labute approximate surface area is 201 Å². The van der Waals surface area contributed by atoms with E-state index in [1.165, 1.54) is 47.7 Å². The number of benzene rings is 1. The van der Waals surface area contributed by atoms with E-state index in [1.54, 1.807) is 0 Å². The molecule has 2 aliphatic rings. The minimum atomic E-state index is 0.276. The van der Waals surface area contributed by atoms with Crippen LogP contribution in [0.25, 0.3) is 32.9 Å². The van der Waals surface area contributed by atoms with Crippen molar-refractivity contribution in [2.45, 2.75) is 43.9 Å². The average Bonchev–Trinajstić information content (AvgIpc) is 3.13. The number of hydrogen-bond donors (Lipinski definition) is 0. The summed E-state index contributed by atoms with van der Waals surface area (Å²) in [5.41, 5.74) is 4.67. The number of hydrogen-bond acceptors (Lipinski definition) is 5. The highest BCUT2D eigenvalue weighted by molar-refractivity contribution is 6.08. The first-order valence-electron chi connectivity index (χ1n) is 12.4. The summed E-state index contributed by atoms with van der Waals surface area (Å²) in [7, 11) is 6.63. The van der Waals surface area contributed by atoms with Crippen molar-refractivity contribution in [3.8, 4) is 17.0 Å². The van der Waals surface area contributed by atoms with Crippen LogP contribution in [0, 0.1) is 0 Å². The van der Waals surface area contributed by atoms with E-state index in [1.807, 2.05) is 24.7 Å². The van der Waals surface area contributed by atoms with Gasteiger partial charge in [0.05, 0.1) is 5.52 Å². The number of aryl methyl sites for hydroxylation is 1. The molecule has 2 fully saturated rings. The largest absolute Gasteiger partial charge is 0.474 e. The van der Waals surface area contributed by atoms with E-state index < -0.39 is 0 Å². The molecular formula is C28H33N5O. The van der Waals surface area contributed by atoms with Crippen molar-refractivity contribution in [1.82, 2.24) is 24.3 Å². The molecule has 0 amide bonds. The number of ether oxygens (including phenoxy) is 1. The zero-order chi connectivity index (χ0) is 23.2. The second-order valence-electron chi connectivity index (χ2n) is 10.1. The Morgan fingerprint density at radius 2 is 1.68 bits per heavy atom. The van der Waals surface area contributed by atoms with Crippen LogP contribution >= 0.6 is 0 Å². The highest BCUT2D eigenvalue weighted by atomic mass is 16.5. The number of rotatable bonds is 5. The molecule has 1 aliphatic carbocycles. The van der Waals surface area contributed by atoms with Gasteiger partial charge in [-0.05, 0) is 63.8 Å². The van der Waals surface area contributed by atoms with Crippen LogP contribution in [0.4, 0.5) is 0 Å². The van der Waals surface area contributed by atoms with Crippen LogP contribution in [0.2, 0.25) is 0 Å².